The summed E-state index contributed by atoms with van der Waals surface area (Å²) in [6.45, 7) is 1.80. The maximum atomic E-state index is 13.8. The summed E-state index contributed by atoms with van der Waals surface area (Å²) in [5, 5.41) is 0. The van der Waals surface area contributed by atoms with Gasteiger partial charge in [-0.1, -0.05) is 13.0 Å². The van der Waals surface area contributed by atoms with E-state index in [-0.39, 0.29) is 16.6 Å². The van der Waals surface area contributed by atoms with Gasteiger partial charge in [-0.3, -0.25) is 0 Å². The molecule has 0 radical (unpaired) electrons. The fraction of sp³-hybridized carbons (Fsp3) is 0.200. The first-order chi connectivity index (χ1) is 9.52. The van der Waals surface area contributed by atoms with E-state index in [0.717, 1.165) is 12.0 Å². The Morgan fingerprint density at radius 3 is 2.60 bits per heavy atom. The summed E-state index contributed by atoms with van der Waals surface area (Å²) in [4.78, 5) is 0. The minimum Gasteiger partial charge on any atom is -0.487 e. The van der Waals surface area contributed by atoms with Crippen molar-refractivity contribution >= 4 is 21.6 Å². The summed E-state index contributed by atoms with van der Waals surface area (Å²) < 4.78 is 33.0. The van der Waals surface area contributed by atoms with Gasteiger partial charge in [-0.2, -0.15) is 0 Å². The SMILES string of the molecule is CCc1ccc(OCc2c(F)ccc(Br)c2F)c(N)c1. The first-order valence-electron chi connectivity index (χ1n) is 6.16. The van der Waals surface area contributed by atoms with E-state index in [9.17, 15) is 8.78 Å². The number of ether oxygens (including phenoxy) is 1. The first kappa shape index (κ1) is 14.8. The zero-order valence-corrected chi connectivity index (χ0v) is 12.5. The van der Waals surface area contributed by atoms with Crippen molar-refractivity contribution in [2.75, 3.05) is 5.73 Å². The number of anilines is 1. The van der Waals surface area contributed by atoms with Crippen molar-refractivity contribution in [1.29, 1.82) is 0 Å². The second-order valence-corrected chi connectivity index (χ2v) is 5.19. The second kappa shape index (κ2) is 6.22. The molecular formula is C15H14BrF2NO. The Morgan fingerprint density at radius 2 is 1.95 bits per heavy atom. The summed E-state index contributed by atoms with van der Waals surface area (Å²) in [5.74, 6) is -0.885. The molecule has 0 unspecified atom stereocenters. The zero-order valence-electron chi connectivity index (χ0n) is 10.9. The van der Waals surface area contributed by atoms with Crippen LogP contribution in [0.2, 0.25) is 0 Å². The zero-order chi connectivity index (χ0) is 14.7. The molecule has 0 amide bonds. The number of benzene rings is 2. The summed E-state index contributed by atoms with van der Waals surface area (Å²) in [5.41, 5.74) is 7.26. The van der Waals surface area contributed by atoms with E-state index >= 15 is 0 Å². The van der Waals surface area contributed by atoms with Crippen LogP contribution in [0.1, 0.15) is 18.1 Å². The predicted octanol–water partition coefficient (Wildman–Crippen LogP) is 4.45. The molecule has 2 N–H and O–H groups in total. The number of hydrogen-bond donors (Lipinski definition) is 1. The summed E-state index contributed by atoms with van der Waals surface area (Å²) in [6, 6.07) is 7.89. The molecule has 0 heterocycles. The lowest BCUT2D eigenvalue weighted by Gasteiger charge is -2.11. The molecule has 0 aromatic heterocycles. The van der Waals surface area contributed by atoms with Gasteiger partial charge < -0.3 is 10.5 Å². The second-order valence-electron chi connectivity index (χ2n) is 4.34. The highest BCUT2D eigenvalue weighted by molar-refractivity contribution is 9.10. The van der Waals surface area contributed by atoms with Crippen LogP contribution < -0.4 is 10.5 Å². The maximum absolute atomic E-state index is 13.8. The van der Waals surface area contributed by atoms with Gasteiger partial charge in [0.25, 0.3) is 0 Å². The fourth-order valence-electron chi connectivity index (χ4n) is 1.80. The average Bonchev–Trinajstić information content (AvgIpc) is 2.44. The van der Waals surface area contributed by atoms with Crippen LogP contribution in [0.25, 0.3) is 0 Å². The van der Waals surface area contributed by atoms with Crippen molar-refractivity contribution in [3.63, 3.8) is 0 Å². The predicted molar refractivity (Wildman–Crippen MR) is 78.6 cm³/mol. The number of aryl methyl sites for hydroxylation is 1. The van der Waals surface area contributed by atoms with Gasteiger partial charge in [-0.05, 0) is 52.2 Å². The van der Waals surface area contributed by atoms with Crippen molar-refractivity contribution in [1.82, 2.24) is 0 Å². The molecule has 0 saturated heterocycles. The largest absolute Gasteiger partial charge is 0.487 e. The third-order valence-electron chi connectivity index (χ3n) is 2.99. The Balaban J connectivity index is 2.19. The van der Waals surface area contributed by atoms with Crippen LogP contribution in [0, 0.1) is 11.6 Å². The van der Waals surface area contributed by atoms with Gasteiger partial charge in [0.1, 0.15) is 24.0 Å². The topological polar surface area (TPSA) is 35.2 Å². The van der Waals surface area contributed by atoms with Crippen LogP contribution in [0.4, 0.5) is 14.5 Å². The van der Waals surface area contributed by atoms with E-state index in [2.05, 4.69) is 15.9 Å². The molecule has 0 aliphatic carbocycles. The monoisotopic (exact) mass is 341 g/mol. The Labute approximate surface area is 124 Å². The highest BCUT2D eigenvalue weighted by Crippen LogP contribution is 2.26. The van der Waals surface area contributed by atoms with E-state index in [4.69, 9.17) is 10.5 Å². The minimum absolute atomic E-state index is 0.127. The molecule has 0 saturated carbocycles. The van der Waals surface area contributed by atoms with Crippen LogP contribution in [0.3, 0.4) is 0 Å². The fourth-order valence-corrected chi connectivity index (χ4v) is 2.17. The Kier molecular flexibility index (Phi) is 4.60. The Morgan fingerprint density at radius 1 is 1.20 bits per heavy atom. The van der Waals surface area contributed by atoms with Gasteiger partial charge in [0, 0.05) is 0 Å². The average molecular weight is 342 g/mol. The molecule has 20 heavy (non-hydrogen) atoms. The van der Waals surface area contributed by atoms with Crippen molar-refractivity contribution in [2.45, 2.75) is 20.0 Å². The van der Waals surface area contributed by atoms with Crippen LogP contribution in [-0.2, 0) is 13.0 Å². The molecule has 0 aliphatic rings. The van der Waals surface area contributed by atoms with E-state index in [1.54, 1.807) is 12.1 Å². The van der Waals surface area contributed by atoms with E-state index < -0.39 is 11.6 Å². The van der Waals surface area contributed by atoms with Crippen molar-refractivity contribution < 1.29 is 13.5 Å². The van der Waals surface area contributed by atoms with Crippen LogP contribution in [-0.4, -0.2) is 0 Å². The lowest BCUT2D eigenvalue weighted by molar-refractivity contribution is 0.293. The van der Waals surface area contributed by atoms with Crippen molar-refractivity contribution in [3.05, 3.63) is 57.6 Å². The van der Waals surface area contributed by atoms with Crippen LogP contribution in [0.5, 0.6) is 5.75 Å². The quantitative estimate of drug-likeness (QED) is 0.658. The molecule has 0 bridgehead atoms. The normalized spacial score (nSPS) is 10.6. The highest BCUT2D eigenvalue weighted by atomic mass is 79.9. The van der Waals surface area contributed by atoms with Crippen molar-refractivity contribution in [2.24, 2.45) is 0 Å². The number of rotatable bonds is 4. The van der Waals surface area contributed by atoms with Gasteiger partial charge >= 0.3 is 0 Å². The van der Waals surface area contributed by atoms with E-state index in [1.807, 2.05) is 13.0 Å². The minimum atomic E-state index is -0.659. The Hall–Kier alpha value is -1.62. The lowest BCUT2D eigenvalue weighted by Crippen LogP contribution is -2.04. The first-order valence-corrected chi connectivity index (χ1v) is 6.95. The molecule has 2 aromatic carbocycles. The van der Waals surface area contributed by atoms with E-state index in [0.29, 0.717) is 11.4 Å². The smallest absolute Gasteiger partial charge is 0.146 e. The molecule has 2 aromatic rings. The number of nitrogen functional groups attached to an aromatic ring is 1. The van der Waals surface area contributed by atoms with Crippen LogP contribution >= 0.6 is 15.9 Å². The molecule has 2 nitrogen and oxygen atoms in total. The van der Waals surface area contributed by atoms with Crippen LogP contribution in [0.15, 0.2) is 34.8 Å². The van der Waals surface area contributed by atoms with Gasteiger partial charge in [0.15, 0.2) is 0 Å². The summed E-state index contributed by atoms with van der Waals surface area (Å²) in [6.07, 6.45) is 0.860. The molecule has 5 heteroatoms. The molecule has 0 atom stereocenters. The summed E-state index contributed by atoms with van der Waals surface area (Å²) in [7, 11) is 0. The standard InChI is InChI=1S/C15H14BrF2NO/c1-2-9-3-6-14(13(19)7-9)20-8-10-12(17)5-4-11(16)15(10)18/h3-7H,2,8,19H2,1H3. The van der Waals surface area contributed by atoms with Gasteiger partial charge in [-0.25, -0.2) is 8.78 Å². The van der Waals surface area contributed by atoms with Gasteiger partial charge in [-0.15, -0.1) is 0 Å². The lowest BCUT2D eigenvalue weighted by atomic mass is 10.1. The molecular weight excluding hydrogens is 328 g/mol. The Bertz CT molecular complexity index is 632. The number of halogens is 3. The number of hydrogen-bond acceptors (Lipinski definition) is 2. The third-order valence-corrected chi connectivity index (χ3v) is 3.61. The molecule has 0 spiro atoms. The number of nitrogens with two attached hydrogens (primary N) is 1. The molecule has 2 rings (SSSR count). The molecule has 106 valence electrons. The highest BCUT2D eigenvalue weighted by Gasteiger charge is 2.13. The molecule has 0 fully saturated rings. The van der Waals surface area contributed by atoms with E-state index in [1.165, 1.54) is 12.1 Å². The third kappa shape index (κ3) is 3.10. The maximum Gasteiger partial charge on any atom is 0.146 e. The summed E-state index contributed by atoms with van der Waals surface area (Å²) >= 11 is 3.02. The molecule has 0 aliphatic heterocycles. The van der Waals surface area contributed by atoms with Gasteiger partial charge in [0.2, 0.25) is 0 Å². The van der Waals surface area contributed by atoms with Crippen molar-refractivity contribution in [3.8, 4) is 5.75 Å². The van der Waals surface area contributed by atoms with Gasteiger partial charge in [0.05, 0.1) is 15.7 Å².